The van der Waals surface area contributed by atoms with Crippen molar-refractivity contribution in [2.75, 3.05) is 13.2 Å². The minimum Gasteiger partial charge on any atom is -0.481 e. The van der Waals surface area contributed by atoms with Crippen LogP contribution < -0.4 is 4.74 Å². The molecular weight excluding hydrogens is 277 g/mol. The van der Waals surface area contributed by atoms with Gasteiger partial charge in [-0.2, -0.15) is 0 Å². The number of carboxylic acid groups (broad SMARTS) is 1. The number of ether oxygens (including phenoxy) is 1. The number of halogens is 1. The van der Waals surface area contributed by atoms with Gasteiger partial charge in [0, 0.05) is 6.54 Å². The molecule has 0 aliphatic carbocycles. The third-order valence-electron chi connectivity index (χ3n) is 3.55. The first-order chi connectivity index (χ1) is 10.1. The molecule has 0 aromatic heterocycles. The quantitative estimate of drug-likeness (QED) is 0.923. The van der Waals surface area contributed by atoms with Crippen molar-refractivity contribution in [3.63, 3.8) is 0 Å². The van der Waals surface area contributed by atoms with Crippen LogP contribution in [0.4, 0.5) is 4.39 Å². The molecule has 0 spiro atoms. The molecule has 0 radical (unpaired) electrons. The molecule has 1 aromatic carbocycles. The molecule has 1 aromatic rings. The molecular formula is C15H18FNO4. The lowest BCUT2D eigenvalue weighted by Crippen LogP contribution is -2.46. The number of nitrogens with zero attached hydrogens (tertiary/aromatic N) is 1. The van der Waals surface area contributed by atoms with E-state index in [1.807, 2.05) is 0 Å². The third kappa shape index (κ3) is 3.93. The van der Waals surface area contributed by atoms with Gasteiger partial charge in [-0.15, -0.1) is 0 Å². The highest BCUT2D eigenvalue weighted by Crippen LogP contribution is 2.19. The number of carbonyl (C=O) groups is 2. The molecule has 0 saturated carbocycles. The van der Waals surface area contributed by atoms with Crippen LogP contribution in [0.15, 0.2) is 24.3 Å². The summed E-state index contributed by atoms with van der Waals surface area (Å²) in [6.45, 7) is 0.0428. The smallest absolute Gasteiger partial charge is 0.326 e. The topological polar surface area (TPSA) is 66.8 Å². The maximum absolute atomic E-state index is 13.4. The van der Waals surface area contributed by atoms with Crippen molar-refractivity contribution in [1.29, 1.82) is 0 Å². The monoisotopic (exact) mass is 295 g/mol. The Hall–Kier alpha value is -2.11. The van der Waals surface area contributed by atoms with Gasteiger partial charge in [0.25, 0.3) is 5.91 Å². The number of benzene rings is 1. The van der Waals surface area contributed by atoms with Gasteiger partial charge in [0.1, 0.15) is 6.04 Å². The number of likely N-dealkylation sites (tertiary alicyclic amines) is 1. The number of carboxylic acids is 1. The summed E-state index contributed by atoms with van der Waals surface area (Å²) in [6.07, 6.45) is 2.91. The minimum atomic E-state index is -1.00. The highest BCUT2D eigenvalue weighted by molar-refractivity contribution is 5.84. The van der Waals surface area contributed by atoms with Gasteiger partial charge in [-0.3, -0.25) is 4.79 Å². The molecule has 21 heavy (non-hydrogen) atoms. The number of carbonyl (C=O) groups excluding carboxylic acids is 1. The van der Waals surface area contributed by atoms with E-state index in [-0.39, 0.29) is 12.4 Å². The Balaban J connectivity index is 2.00. The van der Waals surface area contributed by atoms with Crippen molar-refractivity contribution >= 4 is 11.9 Å². The molecule has 2 rings (SSSR count). The summed E-state index contributed by atoms with van der Waals surface area (Å²) in [6, 6.07) is 4.99. The Morgan fingerprint density at radius 3 is 2.76 bits per heavy atom. The van der Waals surface area contributed by atoms with Crippen molar-refractivity contribution in [2.45, 2.75) is 31.7 Å². The number of amides is 1. The lowest BCUT2D eigenvalue weighted by Gasteiger charge is -2.26. The predicted molar refractivity (Wildman–Crippen MR) is 73.5 cm³/mol. The zero-order valence-corrected chi connectivity index (χ0v) is 11.6. The highest BCUT2D eigenvalue weighted by atomic mass is 19.1. The summed E-state index contributed by atoms with van der Waals surface area (Å²) in [7, 11) is 0. The summed E-state index contributed by atoms with van der Waals surface area (Å²) in [5, 5.41) is 9.22. The van der Waals surface area contributed by atoms with Gasteiger partial charge >= 0.3 is 5.97 Å². The first-order valence-electron chi connectivity index (χ1n) is 6.99. The summed E-state index contributed by atoms with van der Waals surface area (Å²) >= 11 is 0. The SMILES string of the molecule is O=C(O)C1CCCCCN1C(=O)COc1ccccc1F. The lowest BCUT2D eigenvalue weighted by molar-refractivity contribution is -0.151. The van der Waals surface area contributed by atoms with Crippen LogP contribution in [0.5, 0.6) is 5.75 Å². The molecule has 1 N–H and O–H groups in total. The van der Waals surface area contributed by atoms with Crippen molar-refractivity contribution in [3.8, 4) is 5.75 Å². The number of hydrogen-bond donors (Lipinski definition) is 1. The van der Waals surface area contributed by atoms with Gasteiger partial charge in [0.15, 0.2) is 18.2 Å². The number of hydrogen-bond acceptors (Lipinski definition) is 3. The summed E-state index contributed by atoms with van der Waals surface area (Å²) < 4.78 is 18.6. The van der Waals surface area contributed by atoms with E-state index >= 15 is 0 Å². The fraction of sp³-hybridized carbons (Fsp3) is 0.467. The minimum absolute atomic E-state index is 0.00690. The second-order valence-electron chi connectivity index (χ2n) is 5.01. The number of para-hydroxylation sites is 1. The summed E-state index contributed by atoms with van der Waals surface area (Å²) in [5.41, 5.74) is 0. The van der Waals surface area contributed by atoms with Gasteiger partial charge in [-0.1, -0.05) is 25.0 Å². The standard InChI is InChI=1S/C15H18FNO4/c16-11-6-3-4-8-13(11)21-10-14(18)17-9-5-1-2-7-12(17)15(19)20/h3-4,6,8,12H,1-2,5,7,9-10H2,(H,19,20). The third-order valence-corrected chi connectivity index (χ3v) is 3.55. The lowest BCUT2D eigenvalue weighted by atomic mass is 10.1. The molecule has 1 heterocycles. The van der Waals surface area contributed by atoms with Crippen molar-refractivity contribution in [1.82, 2.24) is 4.90 Å². The van der Waals surface area contributed by atoms with E-state index in [1.54, 1.807) is 6.07 Å². The van der Waals surface area contributed by atoms with Crippen LogP contribution in [-0.4, -0.2) is 41.1 Å². The van der Waals surface area contributed by atoms with Crippen LogP contribution >= 0.6 is 0 Å². The van der Waals surface area contributed by atoms with Gasteiger partial charge in [0.05, 0.1) is 0 Å². The van der Waals surface area contributed by atoms with Crippen molar-refractivity contribution in [3.05, 3.63) is 30.1 Å². The van der Waals surface area contributed by atoms with Crippen LogP contribution in [0.25, 0.3) is 0 Å². The van der Waals surface area contributed by atoms with E-state index in [2.05, 4.69) is 0 Å². The molecule has 1 atom stereocenters. The fourth-order valence-corrected chi connectivity index (χ4v) is 2.45. The molecule has 1 fully saturated rings. The van der Waals surface area contributed by atoms with E-state index in [9.17, 15) is 19.1 Å². The largest absolute Gasteiger partial charge is 0.481 e. The molecule has 6 heteroatoms. The Bertz CT molecular complexity index is 520. The van der Waals surface area contributed by atoms with E-state index in [0.29, 0.717) is 13.0 Å². The van der Waals surface area contributed by atoms with Crippen LogP contribution in [0.1, 0.15) is 25.7 Å². The summed E-state index contributed by atoms with van der Waals surface area (Å²) in [4.78, 5) is 24.8. The van der Waals surface area contributed by atoms with E-state index in [0.717, 1.165) is 19.3 Å². The fourth-order valence-electron chi connectivity index (χ4n) is 2.45. The van der Waals surface area contributed by atoms with Crippen LogP contribution in [0, 0.1) is 5.82 Å². The summed E-state index contributed by atoms with van der Waals surface area (Å²) in [5.74, 6) is -1.98. The second-order valence-corrected chi connectivity index (χ2v) is 5.01. The number of rotatable bonds is 4. The molecule has 1 amide bonds. The Morgan fingerprint density at radius 2 is 2.05 bits per heavy atom. The maximum atomic E-state index is 13.4. The van der Waals surface area contributed by atoms with Crippen molar-refractivity contribution in [2.24, 2.45) is 0 Å². The molecule has 1 saturated heterocycles. The van der Waals surface area contributed by atoms with Gasteiger partial charge in [-0.05, 0) is 25.0 Å². The normalized spacial score (nSPS) is 18.9. The average Bonchev–Trinajstić information content (AvgIpc) is 2.72. The maximum Gasteiger partial charge on any atom is 0.326 e. The number of aliphatic carboxylic acids is 1. The molecule has 114 valence electrons. The van der Waals surface area contributed by atoms with Gasteiger partial charge < -0.3 is 14.7 Å². The van der Waals surface area contributed by atoms with E-state index in [1.165, 1.54) is 23.1 Å². The van der Waals surface area contributed by atoms with Gasteiger partial charge in [0.2, 0.25) is 0 Å². The van der Waals surface area contributed by atoms with E-state index in [4.69, 9.17) is 4.74 Å². The first-order valence-corrected chi connectivity index (χ1v) is 6.99. The Morgan fingerprint density at radius 1 is 1.29 bits per heavy atom. The first kappa shape index (κ1) is 15.3. The predicted octanol–water partition coefficient (Wildman–Crippen LogP) is 2.06. The average molecular weight is 295 g/mol. The van der Waals surface area contributed by atoms with Crippen LogP contribution in [-0.2, 0) is 9.59 Å². The molecule has 5 nitrogen and oxygen atoms in total. The molecule has 1 unspecified atom stereocenters. The second kappa shape index (κ2) is 7.06. The zero-order valence-electron chi connectivity index (χ0n) is 11.6. The van der Waals surface area contributed by atoms with E-state index < -0.39 is 23.7 Å². The van der Waals surface area contributed by atoms with Crippen LogP contribution in [0.3, 0.4) is 0 Å². The molecule has 0 bridgehead atoms. The van der Waals surface area contributed by atoms with Gasteiger partial charge in [-0.25, -0.2) is 9.18 Å². The molecule has 1 aliphatic heterocycles. The van der Waals surface area contributed by atoms with Crippen LogP contribution in [0.2, 0.25) is 0 Å². The molecule has 1 aliphatic rings. The zero-order chi connectivity index (χ0) is 15.2. The highest BCUT2D eigenvalue weighted by Gasteiger charge is 2.30. The van der Waals surface area contributed by atoms with Crippen molar-refractivity contribution < 1.29 is 23.8 Å². The Kier molecular flexibility index (Phi) is 5.14. The Labute approximate surface area is 122 Å².